The number of piperidine rings is 1. The minimum absolute atomic E-state index is 0.145. The van der Waals surface area contributed by atoms with Crippen LogP contribution in [0.5, 0.6) is 0 Å². The van der Waals surface area contributed by atoms with Crippen LogP contribution in [0.25, 0.3) is 0 Å². The van der Waals surface area contributed by atoms with E-state index in [4.69, 9.17) is 0 Å². The highest BCUT2D eigenvalue weighted by molar-refractivity contribution is 5.78. The summed E-state index contributed by atoms with van der Waals surface area (Å²) < 4.78 is 0. The summed E-state index contributed by atoms with van der Waals surface area (Å²) in [6, 6.07) is 0.502. The molecule has 1 aliphatic heterocycles. The van der Waals surface area contributed by atoms with Gasteiger partial charge < -0.3 is 10.2 Å². The van der Waals surface area contributed by atoms with E-state index in [9.17, 15) is 4.79 Å². The van der Waals surface area contributed by atoms with Gasteiger partial charge >= 0.3 is 0 Å². The van der Waals surface area contributed by atoms with Crippen molar-refractivity contribution in [3.8, 4) is 0 Å². The molecule has 4 nitrogen and oxygen atoms in total. The molecule has 1 N–H and O–H groups in total. The number of carbonyl (C=O) groups excluding carboxylic acids is 1. The van der Waals surface area contributed by atoms with Crippen LogP contribution < -0.4 is 5.32 Å². The number of rotatable bonds is 6. The molecular formula is C16H33N3O. The molecule has 1 fully saturated rings. The average Bonchev–Trinajstić information content (AvgIpc) is 2.38. The summed E-state index contributed by atoms with van der Waals surface area (Å²) in [7, 11) is 0. The maximum absolute atomic E-state index is 12.3. The Morgan fingerprint density at radius 2 is 1.90 bits per heavy atom. The van der Waals surface area contributed by atoms with Crippen molar-refractivity contribution in [3.05, 3.63) is 0 Å². The third-order valence-corrected chi connectivity index (χ3v) is 4.07. The van der Waals surface area contributed by atoms with Crippen LogP contribution in [0.15, 0.2) is 0 Å². The van der Waals surface area contributed by atoms with Gasteiger partial charge in [0, 0.05) is 31.2 Å². The minimum Gasteiger partial charge on any atom is -0.342 e. The molecule has 1 rings (SSSR count). The Labute approximate surface area is 124 Å². The lowest BCUT2D eigenvalue weighted by Crippen LogP contribution is -2.52. The van der Waals surface area contributed by atoms with E-state index in [1.165, 1.54) is 19.3 Å². The average molecular weight is 283 g/mol. The van der Waals surface area contributed by atoms with Crippen molar-refractivity contribution in [2.75, 3.05) is 32.7 Å². The van der Waals surface area contributed by atoms with Crippen molar-refractivity contribution in [2.45, 2.75) is 65.5 Å². The highest BCUT2D eigenvalue weighted by Gasteiger charge is 2.26. The first kappa shape index (κ1) is 17.4. The summed E-state index contributed by atoms with van der Waals surface area (Å²) in [6.07, 6.45) is 3.71. The number of hydrogen-bond acceptors (Lipinski definition) is 3. The van der Waals surface area contributed by atoms with Crippen LogP contribution in [0.4, 0.5) is 0 Å². The number of likely N-dealkylation sites (tertiary alicyclic amines) is 1. The van der Waals surface area contributed by atoms with Crippen LogP contribution in [-0.4, -0.2) is 60.0 Å². The second-order valence-electron chi connectivity index (χ2n) is 6.82. The Kier molecular flexibility index (Phi) is 6.96. The van der Waals surface area contributed by atoms with Crippen molar-refractivity contribution < 1.29 is 4.79 Å². The zero-order chi connectivity index (χ0) is 15.2. The Hall–Kier alpha value is -0.610. The van der Waals surface area contributed by atoms with E-state index >= 15 is 0 Å². The molecule has 20 heavy (non-hydrogen) atoms. The summed E-state index contributed by atoms with van der Waals surface area (Å²) in [5.41, 5.74) is 0.145. The van der Waals surface area contributed by atoms with E-state index in [-0.39, 0.29) is 11.4 Å². The van der Waals surface area contributed by atoms with E-state index < -0.39 is 0 Å². The molecule has 0 aliphatic carbocycles. The van der Waals surface area contributed by atoms with E-state index in [0.717, 1.165) is 26.2 Å². The van der Waals surface area contributed by atoms with Gasteiger partial charge in [0.1, 0.15) is 0 Å². The molecule has 1 unspecified atom stereocenters. The van der Waals surface area contributed by atoms with Crippen molar-refractivity contribution in [1.82, 2.24) is 15.1 Å². The summed E-state index contributed by atoms with van der Waals surface area (Å²) >= 11 is 0. The van der Waals surface area contributed by atoms with Gasteiger partial charge in [0.05, 0.1) is 6.54 Å². The molecule has 4 heteroatoms. The molecule has 1 aliphatic rings. The normalized spacial score (nSPS) is 20.9. The van der Waals surface area contributed by atoms with Gasteiger partial charge in [-0.2, -0.15) is 0 Å². The number of carbonyl (C=O) groups is 1. The Morgan fingerprint density at radius 1 is 1.25 bits per heavy atom. The molecule has 1 amide bonds. The molecule has 1 saturated heterocycles. The summed E-state index contributed by atoms with van der Waals surface area (Å²) in [4.78, 5) is 16.6. The number of likely N-dealkylation sites (N-methyl/N-ethyl adjacent to an activating group) is 1. The quantitative estimate of drug-likeness (QED) is 0.811. The van der Waals surface area contributed by atoms with E-state index in [1.807, 2.05) is 4.90 Å². The Morgan fingerprint density at radius 3 is 2.45 bits per heavy atom. The van der Waals surface area contributed by atoms with Crippen LogP contribution in [0.2, 0.25) is 0 Å². The lowest BCUT2D eigenvalue weighted by atomic mass is 10.0. The third kappa shape index (κ3) is 5.80. The van der Waals surface area contributed by atoms with Gasteiger partial charge in [-0.15, -0.1) is 0 Å². The standard InChI is InChI=1S/C16H33N3O/c1-6-18(7-2)15(20)13-19-11-9-8-10-14(19)12-17-16(3,4)5/h14,17H,6-13H2,1-5H3. The van der Waals surface area contributed by atoms with Crippen molar-refractivity contribution >= 4 is 5.91 Å². The summed E-state index contributed by atoms with van der Waals surface area (Å²) in [5.74, 6) is 0.276. The van der Waals surface area contributed by atoms with Crippen LogP contribution in [-0.2, 0) is 4.79 Å². The van der Waals surface area contributed by atoms with Crippen LogP contribution in [0.3, 0.4) is 0 Å². The smallest absolute Gasteiger partial charge is 0.236 e. The van der Waals surface area contributed by atoms with Crippen molar-refractivity contribution in [1.29, 1.82) is 0 Å². The van der Waals surface area contributed by atoms with Gasteiger partial charge in [0.25, 0.3) is 0 Å². The van der Waals surface area contributed by atoms with Crippen LogP contribution in [0.1, 0.15) is 53.9 Å². The monoisotopic (exact) mass is 283 g/mol. The Balaban J connectivity index is 2.53. The highest BCUT2D eigenvalue weighted by atomic mass is 16.2. The molecule has 0 bridgehead atoms. The second kappa shape index (κ2) is 7.99. The molecular weight excluding hydrogens is 250 g/mol. The summed E-state index contributed by atoms with van der Waals surface area (Å²) in [6.45, 7) is 14.9. The highest BCUT2D eigenvalue weighted by Crippen LogP contribution is 2.17. The van der Waals surface area contributed by atoms with Gasteiger partial charge in [-0.25, -0.2) is 0 Å². The zero-order valence-corrected chi connectivity index (χ0v) is 14.0. The number of amides is 1. The zero-order valence-electron chi connectivity index (χ0n) is 14.0. The largest absolute Gasteiger partial charge is 0.342 e. The van der Waals surface area contributed by atoms with Gasteiger partial charge in [-0.3, -0.25) is 9.69 Å². The first-order chi connectivity index (χ1) is 9.37. The fourth-order valence-corrected chi connectivity index (χ4v) is 2.77. The van der Waals surface area contributed by atoms with E-state index in [1.54, 1.807) is 0 Å². The maximum atomic E-state index is 12.3. The number of nitrogens with one attached hydrogen (secondary N) is 1. The topological polar surface area (TPSA) is 35.6 Å². The molecule has 0 radical (unpaired) electrons. The minimum atomic E-state index is 0.145. The second-order valence-corrected chi connectivity index (χ2v) is 6.82. The predicted octanol–water partition coefficient (Wildman–Crippen LogP) is 2.10. The fraction of sp³-hybridized carbons (Fsp3) is 0.938. The van der Waals surface area contributed by atoms with E-state index in [0.29, 0.717) is 12.6 Å². The number of nitrogens with zero attached hydrogens (tertiary/aromatic N) is 2. The third-order valence-electron chi connectivity index (χ3n) is 4.07. The van der Waals surface area contributed by atoms with Crippen LogP contribution >= 0.6 is 0 Å². The van der Waals surface area contributed by atoms with Crippen LogP contribution in [0, 0.1) is 0 Å². The summed E-state index contributed by atoms with van der Waals surface area (Å²) in [5, 5.41) is 3.59. The molecule has 0 aromatic rings. The molecule has 0 spiro atoms. The molecule has 0 aromatic carbocycles. The van der Waals surface area contributed by atoms with E-state index in [2.05, 4.69) is 44.8 Å². The fourth-order valence-electron chi connectivity index (χ4n) is 2.77. The number of hydrogen-bond donors (Lipinski definition) is 1. The van der Waals surface area contributed by atoms with Crippen molar-refractivity contribution in [3.63, 3.8) is 0 Å². The van der Waals surface area contributed by atoms with Gasteiger partial charge in [0.2, 0.25) is 5.91 Å². The van der Waals surface area contributed by atoms with Gasteiger partial charge in [0.15, 0.2) is 0 Å². The SMILES string of the molecule is CCN(CC)C(=O)CN1CCCCC1CNC(C)(C)C. The van der Waals surface area contributed by atoms with Gasteiger partial charge in [-0.05, 0) is 54.0 Å². The van der Waals surface area contributed by atoms with Gasteiger partial charge in [-0.1, -0.05) is 6.42 Å². The molecule has 0 saturated carbocycles. The Bertz CT molecular complexity index is 295. The molecule has 1 atom stereocenters. The molecule has 0 aromatic heterocycles. The lowest BCUT2D eigenvalue weighted by molar-refractivity contribution is -0.133. The van der Waals surface area contributed by atoms with Crippen molar-refractivity contribution in [2.24, 2.45) is 0 Å². The lowest BCUT2D eigenvalue weighted by Gasteiger charge is -2.38. The first-order valence-electron chi connectivity index (χ1n) is 8.14. The molecule has 118 valence electrons. The molecule has 1 heterocycles. The maximum Gasteiger partial charge on any atom is 0.236 e. The predicted molar refractivity (Wildman–Crippen MR) is 84.9 cm³/mol. The first-order valence-corrected chi connectivity index (χ1v) is 8.14.